The molecular weight excluding hydrogens is 256 g/mol. The minimum Gasteiger partial charge on any atom is -0.506 e. The Morgan fingerprint density at radius 3 is 2.33 bits per heavy atom. The molecule has 0 amide bonds. The van der Waals surface area contributed by atoms with Crippen LogP contribution in [-0.4, -0.2) is 16.8 Å². The molecular formula is C12H17BrO2. The van der Waals surface area contributed by atoms with Gasteiger partial charge in [-0.1, -0.05) is 26.8 Å². The first-order valence-corrected chi connectivity index (χ1v) is 5.89. The van der Waals surface area contributed by atoms with E-state index >= 15 is 0 Å². The highest BCUT2D eigenvalue weighted by atomic mass is 79.9. The second-order valence-corrected chi connectivity index (χ2v) is 5.03. The molecule has 0 saturated heterocycles. The van der Waals surface area contributed by atoms with Crippen LogP contribution >= 0.6 is 15.9 Å². The lowest BCUT2D eigenvalue weighted by Gasteiger charge is -2.15. The van der Waals surface area contributed by atoms with Crippen LogP contribution in [0.4, 0.5) is 0 Å². The molecule has 1 atom stereocenters. The zero-order valence-electron chi connectivity index (χ0n) is 9.29. The predicted molar refractivity (Wildman–Crippen MR) is 65.4 cm³/mol. The van der Waals surface area contributed by atoms with Crippen molar-refractivity contribution in [2.45, 2.75) is 32.6 Å². The van der Waals surface area contributed by atoms with E-state index in [4.69, 9.17) is 5.11 Å². The molecule has 0 spiro atoms. The van der Waals surface area contributed by atoms with Crippen molar-refractivity contribution in [2.75, 3.05) is 6.61 Å². The summed E-state index contributed by atoms with van der Waals surface area (Å²) in [6.45, 7) is 6.14. The summed E-state index contributed by atoms with van der Waals surface area (Å²) in [5.74, 6) is 0.604. The lowest BCUT2D eigenvalue weighted by molar-refractivity contribution is 0.270. The van der Waals surface area contributed by atoms with Crippen molar-refractivity contribution >= 4 is 15.9 Å². The van der Waals surface area contributed by atoms with Gasteiger partial charge in [0.05, 0.1) is 4.47 Å². The van der Waals surface area contributed by atoms with Crippen molar-refractivity contribution in [3.8, 4) is 5.75 Å². The van der Waals surface area contributed by atoms with Crippen LogP contribution in [0, 0.1) is 0 Å². The second kappa shape index (κ2) is 4.99. The molecule has 2 N–H and O–H groups in total. The maximum atomic E-state index is 9.85. The maximum absolute atomic E-state index is 9.85. The van der Waals surface area contributed by atoms with E-state index in [9.17, 15) is 5.11 Å². The van der Waals surface area contributed by atoms with Gasteiger partial charge in [0.2, 0.25) is 0 Å². The Bertz CT molecular complexity index is 348. The Morgan fingerprint density at radius 1 is 1.27 bits per heavy atom. The number of hydrogen-bond acceptors (Lipinski definition) is 2. The molecule has 1 aromatic rings. The van der Waals surface area contributed by atoms with Crippen molar-refractivity contribution < 1.29 is 10.2 Å². The van der Waals surface area contributed by atoms with Crippen LogP contribution in [0.15, 0.2) is 16.6 Å². The number of phenols is 1. The van der Waals surface area contributed by atoms with Gasteiger partial charge in [0.25, 0.3) is 0 Å². The fraction of sp³-hybridized carbons (Fsp3) is 0.500. The Morgan fingerprint density at radius 2 is 1.87 bits per heavy atom. The molecule has 1 rings (SSSR count). The van der Waals surface area contributed by atoms with Crippen molar-refractivity contribution in [3.05, 3.63) is 27.7 Å². The van der Waals surface area contributed by atoms with E-state index < -0.39 is 0 Å². The number of aliphatic hydroxyl groups excluding tert-OH is 1. The van der Waals surface area contributed by atoms with Crippen LogP contribution in [0.3, 0.4) is 0 Å². The number of benzene rings is 1. The highest BCUT2D eigenvalue weighted by molar-refractivity contribution is 9.10. The zero-order valence-corrected chi connectivity index (χ0v) is 10.9. The highest BCUT2D eigenvalue weighted by Crippen LogP contribution is 2.35. The number of halogens is 1. The topological polar surface area (TPSA) is 40.5 Å². The van der Waals surface area contributed by atoms with Gasteiger partial charge < -0.3 is 10.2 Å². The molecule has 3 heteroatoms. The summed E-state index contributed by atoms with van der Waals surface area (Å²) < 4.78 is 0.698. The number of aliphatic hydroxyl groups is 1. The second-order valence-electron chi connectivity index (χ2n) is 4.18. The minimum atomic E-state index is -0.0417. The zero-order chi connectivity index (χ0) is 11.6. The summed E-state index contributed by atoms with van der Waals surface area (Å²) in [4.78, 5) is 0. The van der Waals surface area contributed by atoms with Crippen molar-refractivity contribution in [1.82, 2.24) is 0 Å². The molecule has 0 aliphatic heterocycles. The first kappa shape index (κ1) is 12.5. The number of rotatable bonds is 3. The van der Waals surface area contributed by atoms with E-state index in [0.29, 0.717) is 10.4 Å². The smallest absolute Gasteiger partial charge is 0.133 e. The average Bonchev–Trinajstić information content (AvgIpc) is 2.20. The number of aromatic hydroxyl groups is 1. The van der Waals surface area contributed by atoms with E-state index in [1.54, 1.807) is 0 Å². The van der Waals surface area contributed by atoms with Gasteiger partial charge >= 0.3 is 0 Å². The molecule has 0 saturated carbocycles. The summed E-state index contributed by atoms with van der Waals surface area (Å²) in [6.07, 6.45) is 0. The molecule has 0 bridgehead atoms. The molecule has 84 valence electrons. The van der Waals surface area contributed by atoms with E-state index in [-0.39, 0.29) is 18.3 Å². The van der Waals surface area contributed by atoms with Gasteiger partial charge in [0.15, 0.2) is 0 Å². The largest absolute Gasteiger partial charge is 0.506 e. The van der Waals surface area contributed by atoms with Gasteiger partial charge in [0.1, 0.15) is 5.75 Å². The first-order chi connectivity index (χ1) is 6.97. The molecule has 0 radical (unpaired) electrons. The predicted octanol–water partition coefficient (Wildman–Crippen LogP) is 3.37. The summed E-state index contributed by atoms with van der Waals surface area (Å²) in [5, 5.41) is 19.0. The van der Waals surface area contributed by atoms with Gasteiger partial charge in [-0.05, 0) is 33.5 Å². The van der Waals surface area contributed by atoms with Crippen molar-refractivity contribution in [2.24, 2.45) is 0 Å². The summed E-state index contributed by atoms with van der Waals surface area (Å²) in [5.41, 5.74) is 1.96. The Balaban J connectivity index is 3.25. The van der Waals surface area contributed by atoms with Gasteiger partial charge in [0, 0.05) is 18.1 Å². The van der Waals surface area contributed by atoms with Crippen LogP contribution in [0.2, 0.25) is 0 Å². The lowest BCUT2D eigenvalue weighted by atomic mass is 9.94. The fourth-order valence-electron chi connectivity index (χ4n) is 1.45. The van der Waals surface area contributed by atoms with Gasteiger partial charge in [-0.25, -0.2) is 0 Å². The van der Waals surface area contributed by atoms with Gasteiger partial charge in [-0.15, -0.1) is 0 Å². The van der Waals surface area contributed by atoms with E-state index in [0.717, 1.165) is 11.1 Å². The third-order valence-corrected chi connectivity index (χ3v) is 3.19. The van der Waals surface area contributed by atoms with E-state index in [1.807, 2.05) is 19.1 Å². The number of hydrogen-bond donors (Lipinski definition) is 2. The number of phenolic OH excluding ortho intramolecular Hbond substituents is 1. The molecule has 1 aromatic carbocycles. The standard InChI is InChI=1S/C12H17BrO2/c1-7(2)9-4-10(8(3)6-14)12(15)11(13)5-9/h4-5,7-8,14-15H,6H2,1-3H3. The van der Waals surface area contributed by atoms with Crippen LogP contribution in [0.25, 0.3) is 0 Å². The Hall–Kier alpha value is -0.540. The lowest BCUT2D eigenvalue weighted by Crippen LogP contribution is -2.01. The molecule has 0 heterocycles. The molecule has 0 aliphatic carbocycles. The summed E-state index contributed by atoms with van der Waals surface area (Å²) >= 11 is 3.33. The van der Waals surface area contributed by atoms with Crippen LogP contribution < -0.4 is 0 Å². The Labute approximate surface area is 99.1 Å². The molecule has 15 heavy (non-hydrogen) atoms. The highest BCUT2D eigenvalue weighted by Gasteiger charge is 2.14. The molecule has 2 nitrogen and oxygen atoms in total. The SMILES string of the molecule is CC(C)c1cc(Br)c(O)c(C(C)CO)c1. The Kier molecular flexibility index (Phi) is 4.17. The van der Waals surface area contributed by atoms with E-state index in [1.165, 1.54) is 0 Å². The van der Waals surface area contributed by atoms with Crippen molar-refractivity contribution in [3.63, 3.8) is 0 Å². The first-order valence-electron chi connectivity index (χ1n) is 5.10. The molecule has 0 aromatic heterocycles. The van der Waals surface area contributed by atoms with Crippen molar-refractivity contribution in [1.29, 1.82) is 0 Å². The fourth-order valence-corrected chi connectivity index (χ4v) is 1.94. The van der Waals surface area contributed by atoms with Crippen LogP contribution in [0.5, 0.6) is 5.75 Å². The van der Waals surface area contributed by atoms with Crippen LogP contribution in [-0.2, 0) is 0 Å². The minimum absolute atomic E-state index is 0.0417. The van der Waals surface area contributed by atoms with E-state index in [2.05, 4.69) is 29.8 Å². The third-order valence-electron chi connectivity index (χ3n) is 2.59. The third kappa shape index (κ3) is 2.73. The monoisotopic (exact) mass is 272 g/mol. The average molecular weight is 273 g/mol. The molecule has 0 fully saturated rings. The summed E-state index contributed by atoms with van der Waals surface area (Å²) in [7, 11) is 0. The normalized spacial score (nSPS) is 13.2. The van der Waals surface area contributed by atoms with Crippen LogP contribution in [0.1, 0.15) is 43.7 Å². The van der Waals surface area contributed by atoms with Gasteiger partial charge in [-0.3, -0.25) is 0 Å². The molecule has 1 unspecified atom stereocenters. The van der Waals surface area contributed by atoms with Gasteiger partial charge in [-0.2, -0.15) is 0 Å². The summed E-state index contributed by atoms with van der Waals surface area (Å²) in [6, 6.07) is 3.89. The maximum Gasteiger partial charge on any atom is 0.133 e. The quantitative estimate of drug-likeness (QED) is 0.886. The molecule has 0 aliphatic rings.